The van der Waals surface area contributed by atoms with Gasteiger partial charge < -0.3 is 15.6 Å². The molecule has 0 unspecified atom stereocenters. The summed E-state index contributed by atoms with van der Waals surface area (Å²) in [7, 11) is 0. The Labute approximate surface area is 54.8 Å². The second-order valence-electron chi connectivity index (χ2n) is 2.51. The quantitative estimate of drug-likeness (QED) is 0.465. The van der Waals surface area contributed by atoms with Crippen LogP contribution < -0.4 is 5.73 Å². The van der Waals surface area contributed by atoms with Gasteiger partial charge in [0.1, 0.15) is 0 Å². The fraction of sp³-hybridized carbons (Fsp3) is 1.00. The van der Waals surface area contributed by atoms with E-state index in [1.165, 1.54) is 0 Å². The Morgan fingerprint density at radius 3 is 2.78 bits per heavy atom. The van der Waals surface area contributed by atoms with Crippen LogP contribution in [0.5, 0.6) is 0 Å². The molecule has 3 nitrogen and oxygen atoms in total. The third-order valence-corrected chi connectivity index (χ3v) is 1.78. The Morgan fingerprint density at radius 2 is 2.33 bits per heavy atom. The maximum atomic E-state index is 9.14. The highest BCUT2D eigenvalue weighted by Gasteiger charge is 2.25. The maximum absolute atomic E-state index is 9.14. The van der Waals surface area contributed by atoms with Gasteiger partial charge in [0.2, 0.25) is 0 Å². The van der Waals surface area contributed by atoms with E-state index in [1.54, 1.807) is 0 Å². The molecule has 1 aliphatic rings. The molecular formula is C6H13NO2. The predicted molar refractivity (Wildman–Crippen MR) is 34.0 cm³/mol. The lowest BCUT2D eigenvalue weighted by Gasteiger charge is -2.30. The molecule has 0 spiro atoms. The molecule has 9 heavy (non-hydrogen) atoms. The van der Waals surface area contributed by atoms with Crippen LogP contribution in [-0.4, -0.2) is 30.0 Å². The second-order valence-corrected chi connectivity index (χ2v) is 2.51. The zero-order chi connectivity index (χ0) is 6.85. The van der Waals surface area contributed by atoms with Crippen molar-refractivity contribution in [2.24, 2.45) is 5.73 Å². The Hall–Kier alpha value is -0.120. The summed E-state index contributed by atoms with van der Waals surface area (Å²) in [5.74, 6) is 0. The molecule has 0 aromatic heterocycles. The van der Waals surface area contributed by atoms with Crippen molar-refractivity contribution in [3.05, 3.63) is 0 Å². The van der Waals surface area contributed by atoms with Crippen LogP contribution in [0.25, 0.3) is 0 Å². The fourth-order valence-electron chi connectivity index (χ4n) is 0.991. The molecule has 0 radical (unpaired) electrons. The molecule has 3 heteroatoms. The first-order valence-corrected chi connectivity index (χ1v) is 3.27. The van der Waals surface area contributed by atoms with Crippen molar-refractivity contribution < 1.29 is 9.84 Å². The van der Waals surface area contributed by atoms with Gasteiger partial charge in [-0.15, -0.1) is 0 Å². The van der Waals surface area contributed by atoms with Crippen molar-refractivity contribution in [3.8, 4) is 0 Å². The molecule has 1 heterocycles. The van der Waals surface area contributed by atoms with E-state index in [4.69, 9.17) is 15.6 Å². The standard InChI is InChI=1S/C6H13NO2/c1-4-6(7)5(8)2-3-9-4/h4-6,8H,2-3,7H2,1H3/t4-,5-,6+/m1/s1. The Morgan fingerprint density at radius 1 is 1.67 bits per heavy atom. The topological polar surface area (TPSA) is 55.5 Å². The highest BCUT2D eigenvalue weighted by molar-refractivity contribution is 4.81. The van der Waals surface area contributed by atoms with E-state index in [0.29, 0.717) is 13.0 Å². The monoisotopic (exact) mass is 131 g/mol. The van der Waals surface area contributed by atoms with E-state index in [0.717, 1.165) is 0 Å². The highest BCUT2D eigenvalue weighted by Crippen LogP contribution is 2.11. The molecule has 0 aromatic carbocycles. The number of aliphatic hydroxyl groups is 1. The minimum absolute atomic E-state index is 0.00810. The highest BCUT2D eigenvalue weighted by atomic mass is 16.5. The van der Waals surface area contributed by atoms with Crippen molar-refractivity contribution in [1.82, 2.24) is 0 Å². The lowest BCUT2D eigenvalue weighted by molar-refractivity contribution is -0.0508. The molecule has 0 aliphatic carbocycles. The van der Waals surface area contributed by atoms with E-state index < -0.39 is 0 Å². The number of rotatable bonds is 0. The molecule has 0 saturated carbocycles. The second kappa shape index (κ2) is 2.64. The zero-order valence-corrected chi connectivity index (χ0v) is 5.58. The first-order chi connectivity index (χ1) is 4.22. The summed E-state index contributed by atoms with van der Waals surface area (Å²) in [5, 5.41) is 9.14. The fourth-order valence-corrected chi connectivity index (χ4v) is 0.991. The van der Waals surface area contributed by atoms with Crippen LogP contribution in [0.1, 0.15) is 13.3 Å². The molecule has 54 valence electrons. The van der Waals surface area contributed by atoms with E-state index >= 15 is 0 Å². The summed E-state index contributed by atoms with van der Waals surface area (Å²) < 4.78 is 5.18. The third-order valence-electron chi connectivity index (χ3n) is 1.78. The number of hydrogen-bond donors (Lipinski definition) is 2. The zero-order valence-electron chi connectivity index (χ0n) is 5.58. The summed E-state index contributed by atoms with van der Waals surface area (Å²) in [4.78, 5) is 0. The van der Waals surface area contributed by atoms with Crippen molar-refractivity contribution in [2.75, 3.05) is 6.61 Å². The molecule has 3 atom stereocenters. The van der Waals surface area contributed by atoms with Gasteiger partial charge >= 0.3 is 0 Å². The Bertz CT molecular complexity index is 87.1. The number of ether oxygens (including phenoxy) is 1. The molecular weight excluding hydrogens is 118 g/mol. The van der Waals surface area contributed by atoms with Gasteiger partial charge in [-0.05, 0) is 13.3 Å². The smallest absolute Gasteiger partial charge is 0.0738 e. The van der Waals surface area contributed by atoms with Crippen LogP contribution in [0.4, 0.5) is 0 Å². The summed E-state index contributed by atoms with van der Waals surface area (Å²) in [6.07, 6.45) is 0.313. The molecule has 0 amide bonds. The first-order valence-electron chi connectivity index (χ1n) is 3.27. The molecule has 1 saturated heterocycles. The largest absolute Gasteiger partial charge is 0.391 e. The van der Waals surface area contributed by atoms with Gasteiger partial charge in [-0.25, -0.2) is 0 Å². The molecule has 1 rings (SSSR count). The average Bonchev–Trinajstić information content (AvgIpc) is 1.83. The van der Waals surface area contributed by atoms with E-state index in [2.05, 4.69) is 0 Å². The minimum Gasteiger partial charge on any atom is -0.391 e. The molecule has 3 N–H and O–H groups in total. The number of aliphatic hydroxyl groups excluding tert-OH is 1. The van der Waals surface area contributed by atoms with E-state index in [-0.39, 0.29) is 18.2 Å². The van der Waals surface area contributed by atoms with Crippen LogP contribution in [0, 0.1) is 0 Å². The van der Waals surface area contributed by atoms with E-state index in [1.807, 2.05) is 6.92 Å². The van der Waals surface area contributed by atoms with Gasteiger partial charge in [0.15, 0.2) is 0 Å². The van der Waals surface area contributed by atoms with Gasteiger partial charge in [-0.3, -0.25) is 0 Å². The molecule has 1 aliphatic heterocycles. The molecule has 0 aromatic rings. The summed E-state index contributed by atoms with van der Waals surface area (Å²) in [6, 6.07) is -0.196. The molecule has 1 fully saturated rings. The maximum Gasteiger partial charge on any atom is 0.0738 e. The third kappa shape index (κ3) is 1.41. The van der Waals surface area contributed by atoms with Gasteiger partial charge in [0, 0.05) is 6.61 Å². The first kappa shape index (κ1) is 6.99. The van der Waals surface area contributed by atoms with Gasteiger partial charge in [-0.1, -0.05) is 0 Å². The number of hydrogen-bond acceptors (Lipinski definition) is 3. The van der Waals surface area contributed by atoms with Crippen molar-refractivity contribution in [3.63, 3.8) is 0 Å². The summed E-state index contributed by atoms with van der Waals surface area (Å²) in [6.45, 7) is 2.52. The van der Waals surface area contributed by atoms with Crippen LogP contribution in [0.3, 0.4) is 0 Å². The number of nitrogens with two attached hydrogens (primary N) is 1. The van der Waals surface area contributed by atoms with Crippen LogP contribution in [-0.2, 0) is 4.74 Å². The molecule has 0 bridgehead atoms. The summed E-state index contributed by atoms with van der Waals surface area (Å²) >= 11 is 0. The lowest BCUT2D eigenvalue weighted by Crippen LogP contribution is -2.48. The summed E-state index contributed by atoms with van der Waals surface area (Å²) in [5.41, 5.74) is 5.55. The predicted octanol–water partition coefficient (Wildman–Crippen LogP) is -0.517. The van der Waals surface area contributed by atoms with Crippen LogP contribution >= 0.6 is 0 Å². The van der Waals surface area contributed by atoms with Crippen LogP contribution in [0.2, 0.25) is 0 Å². The average molecular weight is 131 g/mol. The Balaban J connectivity index is 2.41. The Kier molecular flexibility index (Phi) is 2.05. The normalized spacial score (nSPS) is 45.0. The SMILES string of the molecule is C[C@H]1OCC[C@@H](O)[C@H]1N. The van der Waals surface area contributed by atoms with Gasteiger partial charge in [0.25, 0.3) is 0 Å². The van der Waals surface area contributed by atoms with Crippen LogP contribution in [0.15, 0.2) is 0 Å². The van der Waals surface area contributed by atoms with Crippen molar-refractivity contribution in [1.29, 1.82) is 0 Å². The van der Waals surface area contributed by atoms with Gasteiger partial charge in [-0.2, -0.15) is 0 Å². The minimum atomic E-state index is -0.367. The van der Waals surface area contributed by atoms with Crippen molar-refractivity contribution >= 4 is 0 Å². The van der Waals surface area contributed by atoms with E-state index in [9.17, 15) is 0 Å². The lowest BCUT2D eigenvalue weighted by atomic mass is 10.0. The van der Waals surface area contributed by atoms with Crippen molar-refractivity contribution in [2.45, 2.75) is 31.6 Å². The van der Waals surface area contributed by atoms with Gasteiger partial charge in [0.05, 0.1) is 18.2 Å².